The minimum atomic E-state index is 0.544. The molecular formula is C48H73NO6. The number of unbranched alkanes of at least 4 members (excludes halogenated alkanes) is 12. The average molecular weight is 760 g/mol. The largest absolute Gasteiger partial charge is 0.490 e. The number of ether oxygens (including phenoxy) is 6. The van der Waals surface area contributed by atoms with Gasteiger partial charge in [0.1, 0.15) is 0 Å². The SMILES string of the molecule is CCCCCOc1cc2c3ccccc3c3c(N)c(OCCCCC)c(OCCCCC)c(OCCCCC)c3c2c(OCCCCC)c1OCCCCC. The molecule has 0 atom stereocenters. The maximum atomic E-state index is 7.38. The highest BCUT2D eigenvalue weighted by molar-refractivity contribution is 6.32. The van der Waals surface area contributed by atoms with E-state index in [-0.39, 0.29) is 0 Å². The van der Waals surface area contributed by atoms with Gasteiger partial charge in [-0.15, -0.1) is 0 Å². The van der Waals surface area contributed by atoms with E-state index in [1.807, 2.05) is 0 Å². The molecule has 7 nitrogen and oxygen atoms in total. The van der Waals surface area contributed by atoms with E-state index < -0.39 is 0 Å². The van der Waals surface area contributed by atoms with Gasteiger partial charge in [-0.2, -0.15) is 0 Å². The standard InChI is InChI=1S/C48H73NO6/c1-7-13-21-29-50-39-35-38-36-27-19-20-28-37(36)40-42(41(38)45(52-31-23-15-9-3)44(39)51-30-22-14-8-2)46(53-32-24-16-10-4)48(55-34-26-18-12-6)47(43(40)49)54-33-25-17-11-5/h19-20,27-28,35H,7-18,21-26,29-34,49H2,1-6H3. The van der Waals surface area contributed by atoms with Gasteiger partial charge in [-0.25, -0.2) is 0 Å². The first kappa shape index (κ1) is 44.0. The van der Waals surface area contributed by atoms with Crippen molar-refractivity contribution in [3.05, 3.63) is 30.3 Å². The van der Waals surface area contributed by atoms with E-state index in [1.165, 1.54) is 0 Å². The van der Waals surface area contributed by atoms with Crippen LogP contribution in [0.25, 0.3) is 32.3 Å². The average Bonchev–Trinajstić information content (AvgIpc) is 3.20. The molecule has 0 radical (unpaired) electrons. The van der Waals surface area contributed by atoms with Crippen LogP contribution >= 0.6 is 0 Å². The number of fused-ring (bicyclic) bond motifs is 6. The Balaban J connectivity index is 2.18. The molecule has 0 heterocycles. The molecule has 0 fully saturated rings. The van der Waals surface area contributed by atoms with Crippen molar-refractivity contribution in [2.24, 2.45) is 0 Å². The second-order valence-corrected chi connectivity index (χ2v) is 15.0. The zero-order valence-corrected chi connectivity index (χ0v) is 35.4. The van der Waals surface area contributed by atoms with Gasteiger partial charge >= 0.3 is 0 Å². The normalized spacial score (nSPS) is 11.5. The van der Waals surface area contributed by atoms with Crippen molar-refractivity contribution in [2.45, 2.75) is 157 Å². The van der Waals surface area contributed by atoms with Gasteiger partial charge in [0.2, 0.25) is 11.5 Å². The fourth-order valence-corrected chi connectivity index (χ4v) is 7.19. The van der Waals surface area contributed by atoms with Crippen LogP contribution in [0.1, 0.15) is 157 Å². The Labute approximate surface area is 332 Å². The Morgan fingerprint density at radius 2 is 0.745 bits per heavy atom. The predicted octanol–water partition coefficient (Wildman–Crippen LogP) is 14.1. The highest BCUT2D eigenvalue weighted by Crippen LogP contribution is 2.57. The lowest BCUT2D eigenvalue weighted by molar-refractivity contribution is 0.236. The Kier molecular flexibility index (Phi) is 19.8. The summed E-state index contributed by atoms with van der Waals surface area (Å²) in [6.07, 6.45) is 18.8. The molecule has 55 heavy (non-hydrogen) atoms. The van der Waals surface area contributed by atoms with Crippen molar-refractivity contribution in [3.8, 4) is 34.5 Å². The lowest BCUT2D eigenvalue weighted by atomic mass is 9.91. The minimum Gasteiger partial charge on any atom is -0.490 e. The topological polar surface area (TPSA) is 81.4 Å². The number of rotatable bonds is 30. The van der Waals surface area contributed by atoms with Crippen LogP contribution in [0.4, 0.5) is 5.69 Å². The fraction of sp³-hybridized carbons (Fsp3) is 0.625. The van der Waals surface area contributed by atoms with Crippen molar-refractivity contribution >= 4 is 38.0 Å². The highest BCUT2D eigenvalue weighted by Gasteiger charge is 2.30. The van der Waals surface area contributed by atoms with Gasteiger partial charge in [-0.05, 0) is 60.7 Å². The summed E-state index contributed by atoms with van der Waals surface area (Å²) >= 11 is 0. The third-order valence-electron chi connectivity index (χ3n) is 10.3. The minimum absolute atomic E-state index is 0.544. The van der Waals surface area contributed by atoms with E-state index in [9.17, 15) is 0 Å². The second kappa shape index (κ2) is 24.7. The van der Waals surface area contributed by atoms with Gasteiger partial charge in [-0.3, -0.25) is 0 Å². The molecule has 0 saturated carbocycles. The van der Waals surface area contributed by atoms with E-state index in [0.717, 1.165) is 154 Å². The first-order chi connectivity index (χ1) is 27.1. The number of anilines is 1. The zero-order chi connectivity index (χ0) is 39.3. The number of hydrogen-bond acceptors (Lipinski definition) is 7. The van der Waals surface area contributed by atoms with Gasteiger partial charge in [0.25, 0.3) is 0 Å². The van der Waals surface area contributed by atoms with E-state index in [2.05, 4.69) is 71.9 Å². The molecule has 0 aromatic heterocycles. The summed E-state index contributed by atoms with van der Waals surface area (Å²) in [6, 6.07) is 10.7. The Morgan fingerprint density at radius 1 is 0.364 bits per heavy atom. The molecule has 0 amide bonds. The van der Waals surface area contributed by atoms with Gasteiger partial charge in [0.05, 0.1) is 45.3 Å². The van der Waals surface area contributed by atoms with Crippen LogP contribution in [0.5, 0.6) is 34.5 Å². The molecule has 4 aromatic rings. The lowest BCUT2D eigenvalue weighted by Crippen LogP contribution is -2.10. The second-order valence-electron chi connectivity index (χ2n) is 15.0. The summed E-state index contributed by atoms with van der Waals surface area (Å²) in [6.45, 7) is 16.7. The number of hydrogen-bond donors (Lipinski definition) is 1. The van der Waals surface area contributed by atoms with E-state index in [1.54, 1.807) is 0 Å². The van der Waals surface area contributed by atoms with Crippen LogP contribution in [0.3, 0.4) is 0 Å². The van der Waals surface area contributed by atoms with E-state index in [0.29, 0.717) is 74.1 Å². The molecule has 7 heteroatoms. The molecule has 0 unspecified atom stereocenters. The van der Waals surface area contributed by atoms with Crippen molar-refractivity contribution in [1.82, 2.24) is 0 Å². The molecule has 306 valence electrons. The molecule has 0 saturated heterocycles. The third-order valence-corrected chi connectivity index (χ3v) is 10.3. The van der Waals surface area contributed by atoms with Crippen LogP contribution in [-0.4, -0.2) is 39.6 Å². The summed E-state index contributed by atoms with van der Waals surface area (Å²) in [4.78, 5) is 0. The van der Waals surface area contributed by atoms with Gasteiger partial charge in [0, 0.05) is 16.2 Å². The van der Waals surface area contributed by atoms with Gasteiger partial charge in [0.15, 0.2) is 23.0 Å². The first-order valence-electron chi connectivity index (χ1n) is 22.1. The molecular weight excluding hydrogens is 687 g/mol. The maximum absolute atomic E-state index is 7.38. The van der Waals surface area contributed by atoms with Crippen LogP contribution < -0.4 is 34.2 Å². The van der Waals surface area contributed by atoms with Crippen LogP contribution in [0, 0.1) is 0 Å². The molecule has 0 bridgehead atoms. The van der Waals surface area contributed by atoms with Crippen molar-refractivity contribution in [3.63, 3.8) is 0 Å². The van der Waals surface area contributed by atoms with Crippen LogP contribution in [0.15, 0.2) is 30.3 Å². The number of benzene rings is 4. The summed E-state index contributed by atoms with van der Waals surface area (Å²) in [5, 5.41) is 5.82. The molecule has 0 spiro atoms. The summed E-state index contributed by atoms with van der Waals surface area (Å²) in [5.41, 5.74) is 7.94. The Morgan fingerprint density at radius 3 is 1.22 bits per heavy atom. The fourth-order valence-electron chi connectivity index (χ4n) is 7.19. The van der Waals surface area contributed by atoms with E-state index >= 15 is 0 Å². The monoisotopic (exact) mass is 760 g/mol. The van der Waals surface area contributed by atoms with Crippen LogP contribution in [-0.2, 0) is 0 Å². The molecule has 0 aliphatic heterocycles. The van der Waals surface area contributed by atoms with Gasteiger partial charge in [-0.1, -0.05) is 143 Å². The molecule has 0 aliphatic rings. The van der Waals surface area contributed by atoms with Crippen molar-refractivity contribution < 1.29 is 28.4 Å². The van der Waals surface area contributed by atoms with Crippen LogP contribution in [0.2, 0.25) is 0 Å². The third kappa shape index (κ3) is 11.9. The maximum Gasteiger partial charge on any atom is 0.206 e. The first-order valence-corrected chi connectivity index (χ1v) is 22.1. The highest BCUT2D eigenvalue weighted by atomic mass is 16.5. The predicted molar refractivity (Wildman–Crippen MR) is 233 cm³/mol. The smallest absolute Gasteiger partial charge is 0.206 e. The van der Waals surface area contributed by atoms with Gasteiger partial charge < -0.3 is 34.2 Å². The summed E-state index contributed by atoms with van der Waals surface area (Å²) < 4.78 is 40.8. The molecule has 4 aromatic carbocycles. The number of nitrogens with two attached hydrogens (primary N) is 1. The number of nitrogen functional groups attached to an aromatic ring is 1. The van der Waals surface area contributed by atoms with Crippen molar-refractivity contribution in [2.75, 3.05) is 45.4 Å². The zero-order valence-electron chi connectivity index (χ0n) is 35.4. The molecule has 0 aliphatic carbocycles. The van der Waals surface area contributed by atoms with Crippen molar-refractivity contribution in [1.29, 1.82) is 0 Å². The Bertz CT molecular complexity index is 1720. The molecule has 4 rings (SSSR count). The summed E-state index contributed by atoms with van der Waals surface area (Å²) in [7, 11) is 0. The Hall–Kier alpha value is -3.74. The lowest BCUT2D eigenvalue weighted by Gasteiger charge is -2.26. The quantitative estimate of drug-likeness (QED) is 0.0322. The van der Waals surface area contributed by atoms with E-state index in [4.69, 9.17) is 34.2 Å². The molecule has 2 N–H and O–H groups in total. The summed E-state index contributed by atoms with van der Waals surface area (Å²) in [5.74, 6) is 3.91.